The van der Waals surface area contributed by atoms with Gasteiger partial charge in [-0.15, -0.1) is 0 Å². The number of nitrogens with zero attached hydrogens (tertiary/aromatic N) is 6. The normalized spacial score (nSPS) is 17.1. The Balaban J connectivity index is 0.984. The van der Waals surface area contributed by atoms with Crippen molar-refractivity contribution >= 4 is 72.0 Å². The maximum absolute atomic E-state index is 13.8. The number of H-pyrrole nitrogens is 1. The van der Waals surface area contributed by atoms with E-state index in [4.69, 9.17) is 10.5 Å². The highest BCUT2D eigenvalue weighted by molar-refractivity contribution is 7.86. The lowest BCUT2D eigenvalue weighted by molar-refractivity contribution is -0.438. The number of rotatable bonds is 23. The van der Waals surface area contributed by atoms with Gasteiger partial charge in [0.2, 0.25) is 11.6 Å². The molecule has 0 unspecified atom stereocenters. The predicted molar refractivity (Wildman–Crippen MR) is 324 cm³/mol. The first-order valence-electron chi connectivity index (χ1n) is 27.8. The molecule has 1 aliphatic carbocycles. The van der Waals surface area contributed by atoms with E-state index in [0.29, 0.717) is 67.2 Å². The molecular formula is C62H70N9O11S2+. The number of carbonyl (C=O) groups is 2. The van der Waals surface area contributed by atoms with Gasteiger partial charge in [-0.1, -0.05) is 68.5 Å². The third-order valence-corrected chi connectivity index (χ3v) is 17.4. The fraction of sp³-hybridized carbons (Fsp3) is 0.339. The number of nitrogen functional groups attached to an aromatic ring is 1. The molecule has 6 aromatic rings. The number of benzene rings is 4. The molecule has 0 saturated heterocycles. The summed E-state index contributed by atoms with van der Waals surface area (Å²) in [6.45, 7) is 9.92. The molecule has 0 radical (unpaired) electrons. The molecule has 84 heavy (non-hydrogen) atoms. The minimum Gasteiger partial charge on any atom is -0.480 e. The van der Waals surface area contributed by atoms with Gasteiger partial charge in [-0.05, 0) is 129 Å². The zero-order chi connectivity index (χ0) is 60.1. The van der Waals surface area contributed by atoms with Gasteiger partial charge in [0.05, 0.1) is 35.4 Å². The molecule has 1 amide bonds. The molecule has 22 heteroatoms. The van der Waals surface area contributed by atoms with Crippen LogP contribution in [-0.2, 0) is 48.8 Å². The number of carbonyl (C=O) groups excluding carboxylic acids is 1. The lowest BCUT2D eigenvalue weighted by atomic mass is 9.81. The first-order chi connectivity index (χ1) is 39.9. The SMILES string of the molecule is CN(C(=O)c1ccc(NCc2cnc3nc(N)[nH]c(=O)c3n2)cc1)[C@@H](Cc1ccc(OC2=C(/C=C/C3=[N+](CCCCS(=O)(=O)O)c4ccccc4C3(C)C)CCC/C2=C\C=C2\N(CCCCS(=O)(=O)O)c3ccccc3C2(C)C)cc1)C(=O)O. The first kappa shape index (κ1) is 60.3. The van der Waals surface area contributed by atoms with Gasteiger partial charge < -0.3 is 30.7 Å². The van der Waals surface area contributed by atoms with Crippen molar-refractivity contribution in [3.05, 3.63) is 188 Å². The molecule has 2 aromatic heterocycles. The Hall–Kier alpha value is -8.31. The lowest BCUT2D eigenvalue weighted by Crippen LogP contribution is -2.43. The second-order valence-corrected chi connectivity index (χ2v) is 25.5. The monoisotopic (exact) mass is 1180 g/mol. The molecule has 1 atom stereocenters. The smallest absolute Gasteiger partial charge is 0.326 e. The highest BCUT2D eigenvalue weighted by atomic mass is 32.2. The van der Waals surface area contributed by atoms with Crippen LogP contribution in [0.1, 0.15) is 105 Å². The van der Waals surface area contributed by atoms with Gasteiger partial charge in [-0.25, -0.2) is 14.8 Å². The molecule has 0 spiro atoms. The molecule has 9 rings (SSSR count). The van der Waals surface area contributed by atoms with Crippen molar-refractivity contribution in [3.8, 4) is 5.75 Å². The number of anilines is 3. The number of nitrogens with one attached hydrogen (secondary N) is 2. The predicted octanol–water partition coefficient (Wildman–Crippen LogP) is 9.07. The van der Waals surface area contributed by atoms with E-state index in [1.165, 1.54) is 18.1 Å². The molecular weight excluding hydrogens is 1110 g/mol. The lowest BCUT2D eigenvalue weighted by Gasteiger charge is -2.27. The van der Waals surface area contributed by atoms with Gasteiger partial charge in [-0.3, -0.25) is 23.7 Å². The number of carboxylic acid groups (broad SMARTS) is 1. The summed E-state index contributed by atoms with van der Waals surface area (Å²) in [6, 6.07) is 28.8. The summed E-state index contributed by atoms with van der Waals surface area (Å²) in [4.78, 5) is 57.4. The number of aliphatic carboxylic acids is 1. The average molecular weight is 1180 g/mol. The highest BCUT2D eigenvalue weighted by Gasteiger charge is 2.44. The zero-order valence-electron chi connectivity index (χ0n) is 47.6. The number of aromatic amines is 1. The van der Waals surface area contributed by atoms with Crippen molar-refractivity contribution in [1.82, 2.24) is 24.8 Å². The van der Waals surface area contributed by atoms with Crippen molar-refractivity contribution in [2.45, 2.75) is 102 Å². The third kappa shape index (κ3) is 13.8. The number of para-hydroxylation sites is 2. The molecule has 440 valence electrons. The van der Waals surface area contributed by atoms with Gasteiger partial charge in [-0.2, -0.15) is 26.4 Å². The first-order valence-corrected chi connectivity index (χ1v) is 31.1. The van der Waals surface area contributed by atoms with E-state index in [2.05, 4.69) is 111 Å². The van der Waals surface area contributed by atoms with E-state index in [0.717, 1.165) is 51.5 Å². The third-order valence-electron chi connectivity index (χ3n) is 15.8. The van der Waals surface area contributed by atoms with E-state index in [-0.39, 0.29) is 60.0 Å². The molecule has 0 fully saturated rings. The molecule has 0 saturated carbocycles. The standard InChI is InChI=1S/C62H69N9O11S2/c1-61(2)47-17-6-8-19-49(47)70(33-10-12-35-83(76,77)78)52(61)31-25-41-15-14-16-42(26-32-53-62(3,4)48-18-7-9-20-50(48)71(53)34-11-13-36-84(79,80)81)55(41)82-46-29-21-40(22-30-46)37-51(59(74)75)69(5)58(73)43-23-27-44(28-24-43)64-38-45-39-65-56-54(66-45)57(72)68-60(63)67-56/h6-9,17-32,39,51H,10-16,33-38H2,1-5H3,(H6-,63,64,65,67,68,72,73,74,75,76,77,78,79,80,81)/p+1/t51-/m0/s1. The largest absolute Gasteiger partial charge is 0.480 e. The molecule has 7 N–H and O–H groups in total. The Bertz CT molecular complexity index is 3960. The second kappa shape index (κ2) is 24.9. The van der Waals surface area contributed by atoms with Gasteiger partial charge in [0.15, 0.2) is 16.9 Å². The van der Waals surface area contributed by atoms with Crippen LogP contribution in [0.3, 0.4) is 0 Å². The fourth-order valence-electron chi connectivity index (χ4n) is 11.3. The van der Waals surface area contributed by atoms with E-state index in [1.807, 2.05) is 24.3 Å². The average Bonchev–Trinajstić information content (AvgIpc) is 1.80. The van der Waals surface area contributed by atoms with Crippen molar-refractivity contribution in [2.75, 3.05) is 47.6 Å². The number of likely N-dealkylation sites (N-methyl/N-ethyl adjacent to an activating group) is 1. The van der Waals surface area contributed by atoms with Crippen LogP contribution in [0.4, 0.5) is 23.0 Å². The van der Waals surface area contributed by atoms with Gasteiger partial charge in [0, 0.05) is 72.2 Å². The number of allylic oxidation sites excluding steroid dienone is 7. The number of nitrogens with two attached hydrogens (primary N) is 1. The number of amides is 1. The Morgan fingerprint density at radius 3 is 2.23 bits per heavy atom. The van der Waals surface area contributed by atoms with Crippen LogP contribution in [0.2, 0.25) is 0 Å². The Labute approximate surface area is 488 Å². The molecule has 2 aliphatic heterocycles. The number of carboxylic acids is 1. The van der Waals surface area contributed by atoms with E-state index in [1.54, 1.807) is 48.5 Å². The maximum atomic E-state index is 13.8. The number of aromatic nitrogens is 4. The fourth-order valence-corrected chi connectivity index (χ4v) is 12.5. The highest BCUT2D eigenvalue weighted by Crippen LogP contribution is 2.48. The zero-order valence-corrected chi connectivity index (χ0v) is 49.2. The summed E-state index contributed by atoms with van der Waals surface area (Å²) in [7, 11) is -6.77. The summed E-state index contributed by atoms with van der Waals surface area (Å²) in [6.07, 6.45) is 13.7. The van der Waals surface area contributed by atoms with Gasteiger partial charge >= 0.3 is 5.97 Å². The van der Waals surface area contributed by atoms with Crippen LogP contribution in [0.15, 0.2) is 155 Å². The Morgan fingerprint density at radius 2 is 1.52 bits per heavy atom. The van der Waals surface area contributed by atoms with Crippen LogP contribution in [0.5, 0.6) is 5.75 Å². The van der Waals surface area contributed by atoms with Crippen LogP contribution in [-0.4, -0.2) is 116 Å². The summed E-state index contributed by atoms with van der Waals surface area (Å²) >= 11 is 0. The van der Waals surface area contributed by atoms with Crippen molar-refractivity contribution in [3.63, 3.8) is 0 Å². The van der Waals surface area contributed by atoms with E-state index >= 15 is 0 Å². The number of fused-ring (bicyclic) bond motifs is 3. The number of ether oxygens (including phenoxy) is 1. The van der Waals surface area contributed by atoms with E-state index < -0.39 is 54.5 Å². The minimum absolute atomic E-state index is 0.00176. The summed E-state index contributed by atoms with van der Waals surface area (Å²) in [5.41, 5.74) is 14.7. The minimum atomic E-state index is -4.11. The topological polar surface area (TPSA) is 291 Å². The van der Waals surface area contributed by atoms with Crippen LogP contribution in [0.25, 0.3) is 11.2 Å². The molecule has 4 aromatic carbocycles. The number of hydrogen-bond acceptors (Lipinski definition) is 14. The quantitative estimate of drug-likeness (QED) is 0.0198. The molecule has 20 nitrogen and oxygen atoms in total. The summed E-state index contributed by atoms with van der Waals surface area (Å²) in [5.74, 6) is -1.23. The van der Waals surface area contributed by atoms with E-state index in [9.17, 15) is 45.4 Å². The summed E-state index contributed by atoms with van der Waals surface area (Å²) < 4.78 is 74.7. The molecule has 0 bridgehead atoms. The van der Waals surface area contributed by atoms with Crippen molar-refractivity contribution in [1.29, 1.82) is 0 Å². The van der Waals surface area contributed by atoms with Crippen LogP contribution >= 0.6 is 0 Å². The van der Waals surface area contributed by atoms with Crippen molar-refractivity contribution in [2.24, 2.45) is 0 Å². The number of unbranched alkanes of at least 4 members (excludes halogenated alkanes) is 2. The van der Waals surface area contributed by atoms with Gasteiger partial charge in [0.25, 0.3) is 31.7 Å². The molecule has 4 heterocycles. The molecule has 3 aliphatic rings. The van der Waals surface area contributed by atoms with Crippen LogP contribution in [0, 0.1) is 0 Å². The van der Waals surface area contributed by atoms with Crippen LogP contribution < -0.4 is 26.2 Å². The maximum Gasteiger partial charge on any atom is 0.326 e. The second-order valence-electron chi connectivity index (χ2n) is 22.4. The Morgan fingerprint density at radius 1 is 0.845 bits per heavy atom. The van der Waals surface area contributed by atoms with Gasteiger partial charge in [0.1, 0.15) is 24.1 Å². The Kier molecular flexibility index (Phi) is 17.9. The summed E-state index contributed by atoms with van der Waals surface area (Å²) in [5, 5.41) is 13.7. The van der Waals surface area contributed by atoms with Crippen molar-refractivity contribution < 1.29 is 49.9 Å². The number of hydrogen-bond donors (Lipinski definition) is 6.